The van der Waals surface area contributed by atoms with Gasteiger partial charge in [0.1, 0.15) is 0 Å². The van der Waals surface area contributed by atoms with Crippen LogP contribution in [0.5, 0.6) is 0 Å². The van der Waals surface area contributed by atoms with Crippen LogP contribution in [0.2, 0.25) is 0 Å². The summed E-state index contributed by atoms with van der Waals surface area (Å²) in [6.07, 6.45) is 8.26. The van der Waals surface area contributed by atoms with Crippen molar-refractivity contribution >= 4 is 5.91 Å². The highest BCUT2D eigenvalue weighted by molar-refractivity contribution is 5.81. The minimum absolute atomic E-state index is 0.00785. The van der Waals surface area contributed by atoms with Crippen LogP contribution in [0.4, 0.5) is 0 Å². The van der Waals surface area contributed by atoms with Crippen molar-refractivity contribution in [3.8, 4) is 0 Å². The minimum atomic E-state index is -0.00785. The van der Waals surface area contributed by atoms with Gasteiger partial charge in [-0.1, -0.05) is 19.3 Å². The molecule has 1 N–H and O–H groups in total. The Hall–Kier alpha value is -0.610. The minimum Gasteiger partial charge on any atom is -0.396 e. The lowest BCUT2D eigenvalue weighted by atomic mass is 9.93. The number of aliphatic hydroxyl groups is 1. The molecule has 1 atom stereocenters. The normalized spacial score (nSPS) is 24.0. The first-order chi connectivity index (χ1) is 10.2. The Kier molecular flexibility index (Phi) is 6.49. The number of rotatable bonds is 5. The summed E-state index contributed by atoms with van der Waals surface area (Å²) in [6.45, 7) is 7.19. The zero-order valence-corrected chi connectivity index (χ0v) is 13.8. The Morgan fingerprint density at radius 1 is 1.19 bits per heavy atom. The Bertz CT molecular complexity index is 321. The molecule has 21 heavy (non-hydrogen) atoms. The monoisotopic (exact) mass is 296 g/mol. The number of carbonyl (C=O) groups is 1. The molecule has 1 heterocycles. The van der Waals surface area contributed by atoms with E-state index in [0.29, 0.717) is 24.5 Å². The molecule has 1 saturated heterocycles. The smallest absolute Gasteiger partial charge is 0.239 e. The molecule has 4 heteroatoms. The summed E-state index contributed by atoms with van der Waals surface area (Å²) in [6, 6.07) is 0.459. The van der Waals surface area contributed by atoms with E-state index < -0.39 is 0 Å². The first-order valence-electron chi connectivity index (χ1n) is 8.82. The first kappa shape index (κ1) is 16.8. The molecule has 1 saturated carbocycles. The molecule has 0 spiro atoms. The van der Waals surface area contributed by atoms with Crippen LogP contribution >= 0.6 is 0 Å². The van der Waals surface area contributed by atoms with Crippen molar-refractivity contribution in [2.45, 2.75) is 70.9 Å². The van der Waals surface area contributed by atoms with Gasteiger partial charge in [0.15, 0.2) is 0 Å². The molecule has 2 rings (SSSR count). The van der Waals surface area contributed by atoms with E-state index in [1.807, 2.05) is 0 Å². The number of amides is 1. The number of nitrogens with zero attached hydrogens (tertiary/aromatic N) is 2. The van der Waals surface area contributed by atoms with Crippen LogP contribution in [0.25, 0.3) is 0 Å². The summed E-state index contributed by atoms with van der Waals surface area (Å²) >= 11 is 0. The van der Waals surface area contributed by atoms with Crippen LogP contribution in [0, 0.1) is 5.92 Å². The number of hydrogen-bond donors (Lipinski definition) is 1. The molecule has 0 aromatic rings. The van der Waals surface area contributed by atoms with E-state index in [0.717, 1.165) is 32.5 Å². The number of likely N-dealkylation sites (N-methyl/N-ethyl adjacent to an activating group) is 1. The summed E-state index contributed by atoms with van der Waals surface area (Å²) in [7, 11) is 0. The molecule has 0 bridgehead atoms. The predicted octanol–water partition coefficient (Wildman–Crippen LogP) is 2.26. The summed E-state index contributed by atoms with van der Waals surface area (Å²) in [4.78, 5) is 17.3. The molecule has 0 aromatic carbocycles. The van der Waals surface area contributed by atoms with Gasteiger partial charge in [0, 0.05) is 19.2 Å². The van der Waals surface area contributed by atoms with Crippen molar-refractivity contribution in [1.82, 2.24) is 9.80 Å². The standard InChI is InChI=1S/C17H32N2O2/c1-3-19(16-7-5-4-6-8-16)17(21)14(2)18-11-9-15(13-20)10-12-18/h14-16,20H,3-13H2,1-2H3. The average Bonchev–Trinajstić information content (AvgIpc) is 2.56. The fourth-order valence-corrected chi connectivity index (χ4v) is 3.91. The van der Waals surface area contributed by atoms with Crippen LogP contribution in [-0.4, -0.2) is 59.1 Å². The summed E-state index contributed by atoms with van der Waals surface area (Å²) in [5.74, 6) is 0.746. The third kappa shape index (κ3) is 4.19. The Morgan fingerprint density at radius 3 is 2.33 bits per heavy atom. The number of aliphatic hydroxyl groups excluding tert-OH is 1. The number of hydrogen-bond acceptors (Lipinski definition) is 3. The SMILES string of the molecule is CCN(C(=O)C(C)N1CCC(CO)CC1)C1CCCCC1. The topological polar surface area (TPSA) is 43.8 Å². The molecule has 1 aliphatic heterocycles. The molecular weight excluding hydrogens is 264 g/mol. The van der Waals surface area contributed by atoms with Crippen molar-refractivity contribution in [3.05, 3.63) is 0 Å². The van der Waals surface area contributed by atoms with E-state index in [1.54, 1.807) is 0 Å². The van der Waals surface area contributed by atoms with Crippen LogP contribution in [0.15, 0.2) is 0 Å². The maximum Gasteiger partial charge on any atom is 0.239 e. The van der Waals surface area contributed by atoms with Crippen LogP contribution in [-0.2, 0) is 4.79 Å². The lowest BCUT2D eigenvalue weighted by molar-refractivity contribution is -0.139. The maximum atomic E-state index is 12.9. The van der Waals surface area contributed by atoms with Gasteiger partial charge in [-0.25, -0.2) is 0 Å². The zero-order valence-electron chi connectivity index (χ0n) is 13.8. The number of likely N-dealkylation sites (tertiary alicyclic amines) is 1. The lowest BCUT2D eigenvalue weighted by Crippen LogP contribution is -2.52. The van der Waals surface area contributed by atoms with E-state index in [2.05, 4.69) is 23.6 Å². The van der Waals surface area contributed by atoms with Gasteiger partial charge in [-0.2, -0.15) is 0 Å². The van der Waals surface area contributed by atoms with Gasteiger partial charge < -0.3 is 10.0 Å². The van der Waals surface area contributed by atoms with Gasteiger partial charge in [0.2, 0.25) is 5.91 Å². The molecule has 2 aliphatic rings. The Morgan fingerprint density at radius 2 is 1.81 bits per heavy atom. The Labute approximate surface area is 129 Å². The van der Waals surface area contributed by atoms with Crippen LogP contribution in [0.1, 0.15) is 58.8 Å². The second-order valence-electron chi connectivity index (χ2n) is 6.75. The van der Waals surface area contributed by atoms with Gasteiger partial charge in [-0.05, 0) is 58.5 Å². The highest BCUT2D eigenvalue weighted by atomic mass is 16.3. The summed E-state index contributed by atoms with van der Waals surface area (Å²) in [5, 5.41) is 9.23. The Balaban J connectivity index is 1.90. The average molecular weight is 296 g/mol. The molecule has 0 aromatic heterocycles. The van der Waals surface area contributed by atoms with Crippen molar-refractivity contribution in [3.63, 3.8) is 0 Å². The van der Waals surface area contributed by atoms with E-state index in [1.165, 1.54) is 32.1 Å². The van der Waals surface area contributed by atoms with E-state index in [9.17, 15) is 9.90 Å². The van der Waals surface area contributed by atoms with Crippen molar-refractivity contribution < 1.29 is 9.90 Å². The maximum absolute atomic E-state index is 12.9. The van der Waals surface area contributed by atoms with Gasteiger partial charge >= 0.3 is 0 Å². The number of carbonyl (C=O) groups excluding carboxylic acids is 1. The molecule has 122 valence electrons. The van der Waals surface area contributed by atoms with Gasteiger partial charge in [-0.15, -0.1) is 0 Å². The summed E-state index contributed by atoms with van der Waals surface area (Å²) in [5.41, 5.74) is 0. The second-order valence-corrected chi connectivity index (χ2v) is 6.75. The zero-order chi connectivity index (χ0) is 15.2. The molecule has 0 radical (unpaired) electrons. The van der Waals surface area contributed by atoms with Crippen LogP contribution < -0.4 is 0 Å². The second kappa shape index (κ2) is 8.14. The van der Waals surface area contributed by atoms with E-state index in [4.69, 9.17) is 0 Å². The molecule has 1 aliphatic carbocycles. The lowest BCUT2D eigenvalue weighted by Gasteiger charge is -2.40. The fraction of sp³-hybridized carbons (Fsp3) is 0.941. The first-order valence-corrected chi connectivity index (χ1v) is 8.82. The summed E-state index contributed by atoms with van der Waals surface area (Å²) < 4.78 is 0. The third-order valence-corrected chi connectivity index (χ3v) is 5.45. The van der Waals surface area contributed by atoms with Gasteiger partial charge in [0.25, 0.3) is 0 Å². The third-order valence-electron chi connectivity index (χ3n) is 5.45. The van der Waals surface area contributed by atoms with E-state index in [-0.39, 0.29) is 6.04 Å². The van der Waals surface area contributed by atoms with E-state index >= 15 is 0 Å². The largest absolute Gasteiger partial charge is 0.396 e. The van der Waals surface area contributed by atoms with Crippen molar-refractivity contribution in [2.75, 3.05) is 26.2 Å². The molecule has 1 amide bonds. The van der Waals surface area contributed by atoms with Crippen molar-refractivity contribution in [2.24, 2.45) is 5.92 Å². The molecule has 1 unspecified atom stereocenters. The highest BCUT2D eigenvalue weighted by Crippen LogP contribution is 2.25. The molecular formula is C17H32N2O2. The fourth-order valence-electron chi connectivity index (χ4n) is 3.91. The number of piperidine rings is 1. The van der Waals surface area contributed by atoms with Crippen LogP contribution in [0.3, 0.4) is 0 Å². The van der Waals surface area contributed by atoms with Crippen molar-refractivity contribution in [1.29, 1.82) is 0 Å². The van der Waals surface area contributed by atoms with Gasteiger partial charge in [-0.3, -0.25) is 9.69 Å². The highest BCUT2D eigenvalue weighted by Gasteiger charge is 2.32. The predicted molar refractivity (Wildman–Crippen MR) is 85.1 cm³/mol. The quantitative estimate of drug-likeness (QED) is 0.846. The molecule has 4 nitrogen and oxygen atoms in total. The molecule has 2 fully saturated rings. The van der Waals surface area contributed by atoms with Gasteiger partial charge in [0.05, 0.1) is 6.04 Å².